The van der Waals surface area contributed by atoms with Crippen molar-refractivity contribution in [1.82, 2.24) is 0 Å². The molecule has 0 heterocycles. The summed E-state index contributed by atoms with van der Waals surface area (Å²) in [6.45, 7) is 3.36. The quantitative estimate of drug-likeness (QED) is 0.829. The largest absolute Gasteiger partial charge is 0.326 e. The minimum atomic E-state index is -1.54. The van der Waals surface area contributed by atoms with Gasteiger partial charge in [-0.05, 0) is 42.8 Å². The zero-order chi connectivity index (χ0) is 17.9. The molecule has 2 amide bonds. The minimum absolute atomic E-state index is 0.171. The third-order valence-electron chi connectivity index (χ3n) is 3.35. The van der Waals surface area contributed by atoms with Crippen molar-refractivity contribution in [2.24, 2.45) is 0 Å². The lowest BCUT2D eigenvalue weighted by Crippen LogP contribution is -2.17. The van der Waals surface area contributed by atoms with Gasteiger partial charge in [0.15, 0.2) is 11.6 Å². The highest BCUT2D eigenvalue weighted by atomic mass is 19.2. The number of amides is 2. The van der Waals surface area contributed by atoms with E-state index in [4.69, 9.17) is 0 Å². The zero-order valence-corrected chi connectivity index (χ0v) is 13.0. The van der Waals surface area contributed by atoms with Crippen LogP contribution in [0.3, 0.4) is 0 Å². The molecule has 2 rings (SSSR count). The molecule has 2 N–H and O–H groups in total. The maximum atomic E-state index is 13.6. The highest BCUT2D eigenvalue weighted by molar-refractivity contribution is 6.05. The summed E-state index contributed by atoms with van der Waals surface area (Å²) in [6, 6.07) is 5.91. The molecule has 0 saturated carbocycles. The molecule has 0 atom stereocenters. The molecular weight excluding hydrogens is 321 g/mol. The summed E-state index contributed by atoms with van der Waals surface area (Å²) in [5, 5.41) is 4.98. The standard InChI is InChI=1S/C17H15F3N2O2/c1-3-14(23)21-10-4-7-13(9(2)8-10)22-17(24)15-11(18)5-6-12(19)16(15)20/h4-8H,3H2,1-2H3,(H,21,23)(H,22,24). The van der Waals surface area contributed by atoms with Crippen LogP contribution in [0.5, 0.6) is 0 Å². The summed E-state index contributed by atoms with van der Waals surface area (Å²) in [7, 11) is 0. The Morgan fingerprint density at radius 2 is 1.67 bits per heavy atom. The molecule has 0 saturated heterocycles. The van der Waals surface area contributed by atoms with Gasteiger partial charge in [0, 0.05) is 17.8 Å². The smallest absolute Gasteiger partial charge is 0.261 e. The van der Waals surface area contributed by atoms with Crippen LogP contribution in [0.15, 0.2) is 30.3 Å². The van der Waals surface area contributed by atoms with Crippen LogP contribution in [0, 0.1) is 24.4 Å². The fourth-order valence-electron chi connectivity index (χ4n) is 2.05. The lowest BCUT2D eigenvalue weighted by Gasteiger charge is -2.12. The van der Waals surface area contributed by atoms with E-state index in [2.05, 4.69) is 10.6 Å². The molecule has 0 spiro atoms. The Balaban J connectivity index is 2.24. The minimum Gasteiger partial charge on any atom is -0.326 e. The number of benzene rings is 2. The van der Waals surface area contributed by atoms with Gasteiger partial charge in [0.25, 0.3) is 5.91 Å². The van der Waals surface area contributed by atoms with Gasteiger partial charge in [-0.3, -0.25) is 9.59 Å². The number of hydrogen-bond donors (Lipinski definition) is 2. The van der Waals surface area contributed by atoms with Crippen LogP contribution in [0.1, 0.15) is 29.3 Å². The van der Waals surface area contributed by atoms with E-state index in [0.717, 1.165) is 0 Å². The first-order valence-electron chi connectivity index (χ1n) is 7.18. The maximum absolute atomic E-state index is 13.6. The molecule has 0 unspecified atom stereocenters. The van der Waals surface area contributed by atoms with E-state index in [1.54, 1.807) is 19.9 Å². The van der Waals surface area contributed by atoms with Gasteiger partial charge in [0.1, 0.15) is 11.4 Å². The van der Waals surface area contributed by atoms with Crippen molar-refractivity contribution >= 4 is 23.2 Å². The first-order valence-corrected chi connectivity index (χ1v) is 7.18. The third kappa shape index (κ3) is 3.73. The Morgan fingerprint density at radius 1 is 1.00 bits per heavy atom. The molecule has 0 bridgehead atoms. The molecule has 7 heteroatoms. The normalized spacial score (nSPS) is 10.4. The molecule has 0 fully saturated rings. The van der Waals surface area contributed by atoms with E-state index in [1.165, 1.54) is 12.1 Å². The Morgan fingerprint density at radius 3 is 2.29 bits per heavy atom. The second kappa shape index (κ2) is 7.16. The lowest BCUT2D eigenvalue weighted by atomic mass is 10.1. The van der Waals surface area contributed by atoms with Gasteiger partial charge in [-0.2, -0.15) is 0 Å². The van der Waals surface area contributed by atoms with Crippen LogP contribution in [0.25, 0.3) is 0 Å². The maximum Gasteiger partial charge on any atom is 0.261 e. The number of halogens is 3. The summed E-state index contributed by atoms with van der Waals surface area (Å²) in [5.41, 5.74) is 0.394. The molecule has 4 nitrogen and oxygen atoms in total. The summed E-state index contributed by atoms with van der Waals surface area (Å²) < 4.78 is 40.4. The third-order valence-corrected chi connectivity index (χ3v) is 3.35. The number of carbonyl (C=O) groups is 2. The zero-order valence-electron chi connectivity index (χ0n) is 13.0. The molecule has 0 radical (unpaired) electrons. The van der Waals surface area contributed by atoms with E-state index in [9.17, 15) is 22.8 Å². The summed E-state index contributed by atoms with van der Waals surface area (Å²) >= 11 is 0. The Labute approximate surface area is 136 Å². The second-order valence-electron chi connectivity index (χ2n) is 5.10. The van der Waals surface area contributed by atoms with Crippen molar-refractivity contribution in [3.63, 3.8) is 0 Å². The van der Waals surface area contributed by atoms with Crippen molar-refractivity contribution < 1.29 is 22.8 Å². The van der Waals surface area contributed by atoms with Crippen molar-refractivity contribution in [3.8, 4) is 0 Å². The van der Waals surface area contributed by atoms with E-state index >= 15 is 0 Å². The fourth-order valence-corrected chi connectivity index (χ4v) is 2.05. The highest BCUT2D eigenvalue weighted by Gasteiger charge is 2.21. The number of anilines is 2. The van der Waals surface area contributed by atoms with E-state index < -0.39 is 28.9 Å². The predicted octanol–water partition coefficient (Wildman–Crippen LogP) is 4.01. The Kier molecular flexibility index (Phi) is 5.23. The monoisotopic (exact) mass is 336 g/mol. The average molecular weight is 336 g/mol. The molecule has 126 valence electrons. The van der Waals surface area contributed by atoms with Gasteiger partial charge < -0.3 is 10.6 Å². The summed E-state index contributed by atoms with van der Waals surface area (Å²) in [5.74, 6) is -5.28. The van der Waals surface area contributed by atoms with Crippen molar-refractivity contribution in [2.75, 3.05) is 10.6 Å². The topological polar surface area (TPSA) is 58.2 Å². The van der Waals surface area contributed by atoms with E-state index in [0.29, 0.717) is 29.8 Å². The highest BCUT2D eigenvalue weighted by Crippen LogP contribution is 2.22. The SMILES string of the molecule is CCC(=O)Nc1ccc(NC(=O)c2c(F)ccc(F)c2F)c(C)c1. The average Bonchev–Trinajstić information content (AvgIpc) is 2.54. The van der Waals surface area contributed by atoms with Crippen LogP contribution in [0.2, 0.25) is 0 Å². The van der Waals surface area contributed by atoms with Crippen LogP contribution < -0.4 is 10.6 Å². The molecule has 24 heavy (non-hydrogen) atoms. The van der Waals surface area contributed by atoms with Gasteiger partial charge in [-0.15, -0.1) is 0 Å². The lowest BCUT2D eigenvalue weighted by molar-refractivity contribution is -0.115. The molecule has 2 aromatic carbocycles. The first-order chi connectivity index (χ1) is 11.3. The number of rotatable bonds is 4. The molecule has 2 aromatic rings. The van der Waals surface area contributed by atoms with Gasteiger partial charge in [-0.1, -0.05) is 6.92 Å². The van der Waals surface area contributed by atoms with Crippen molar-refractivity contribution in [2.45, 2.75) is 20.3 Å². The van der Waals surface area contributed by atoms with Gasteiger partial charge in [-0.25, -0.2) is 13.2 Å². The second-order valence-corrected chi connectivity index (χ2v) is 5.10. The van der Waals surface area contributed by atoms with Crippen LogP contribution in [0.4, 0.5) is 24.5 Å². The summed E-state index contributed by atoms with van der Waals surface area (Å²) in [6.07, 6.45) is 0.315. The number of nitrogens with one attached hydrogen (secondary N) is 2. The summed E-state index contributed by atoms with van der Waals surface area (Å²) in [4.78, 5) is 23.4. The van der Waals surface area contributed by atoms with Gasteiger partial charge >= 0.3 is 0 Å². The first kappa shape index (κ1) is 17.5. The molecule has 0 aromatic heterocycles. The Hall–Kier alpha value is -2.83. The van der Waals surface area contributed by atoms with Crippen LogP contribution >= 0.6 is 0 Å². The van der Waals surface area contributed by atoms with Crippen LogP contribution in [-0.2, 0) is 4.79 Å². The fraction of sp³-hybridized carbons (Fsp3) is 0.176. The van der Waals surface area contributed by atoms with Gasteiger partial charge in [0.05, 0.1) is 0 Å². The van der Waals surface area contributed by atoms with E-state index in [-0.39, 0.29) is 11.6 Å². The predicted molar refractivity (Wildman–Crippen MR) is 84.4 cm³/mol. The molecule has 0 aliphatic rings. The van der Waals surface area contributed by atoms with Crippen molar-refractivity contribution in [3.05, 3.63) is 58.9 Å². The molecule has 0 aliphatic heterocycles. The van der Waals surface area contributed by atoms with E-state index in [1.807, 2.05) is 0 Å². The molecule has 0 aliphatic carbocycles. The number of aryl methyl sites for hydroxylation is 1. The number of carbonyl (C=O) groups excluding carboxylic acids is 2. The van der Waals surface area contributed by atoms with Gasteiger partial charge in [0.2, 0.25) is 5.91 Å². The number of hydrogen-bond acceptors (Lipinski definition) is 2. The Bertz CT molecular complexity index is 807. The van der Waals surface area contributed by atoms with Crippen molar-refractivity contribution in [1.29, 1.82) is 0 Å². The molecular formula is C17H15F3N2O2. The van der Waals surface area contributed by atoms with Crippen LogP contribution in [-0.4, -0.2) is 11.8 Å².